The van der Waals surface area contributed by atoms with Crippen LogP contribution in [0.5, 0.6) is 5.75 Å². The minimum absolute atomic E-state index is 0.807. The molecule has 1 aromatic carbocycles. The van der Waals surface area contributed by atoms with E-state index in [4.69, 9.17) is 4.74 Å². The second kappa shape index (κ2) is 5.31. The van der Waals surface area contributed by atoms with Gasteiger partial charge in [0.05, 0.1) is 7.11 Å². The second-order valence-electron chi connectivity index (χ2n) is 5.83. The molecule has 0 heterocycles. The highest BCUT2D eigenvalue weighted by molar-refractivity contribution is 5.27. The number of hydrogen-bond acceptors (Lipinski definition) is 2. The fraction of sp³-hybridized carbons (Fsp3) is 0.625. The van der Waals surface area contributed by atoms with Crippen LogP contribution in [0.25, 0.3) is 0 Å². The molecule has 2 aliphatic carbocycles. The van der Waals surface area contributed by atoms with Gasteiger partial charge in [-0.2, -0.15) is 0 Å². The smallest absolute Gasteiger partial charge is 0.118 e. The van der Waals surface area contributed by atoms with Crippen molar-refractivity contribution in [2.24, 2.45) is 11.8 Å². The molecule has 0 saturated heterocycles. The first-order chi connectivity index (χ1) is 8.85. The van der Waals surface area contributed by atoms with Crippen molar-refractivity contribution in [2.75, 3.05) is 13.7 Å². The minimum Gasteiger partial charge on any atom is -0.497 e. The topological polar surface area (TPSA) is 21.3 Å². The van der Waals surface area contributed by atoms with Crippen molar-refractivity contribution in [1.29, 1.82) is 0 Å². The van der Waals surface area contributed by atoms with Gasteiger partial charge in [-0.05, 0) is 61.8 Å². The minimum atomic E-state index is 0.807. The summed E-state index contributed by atoms with van der Waals surface area (Å²) in [6.07, 6.45) is 6.98. The van der Waals surface area contributed by atoms with Crippen LogP contribution in [0.4, 0.5) is 0 Å². The van der Waals surface area contributed by atoms with E-state index in [1.54, 1.807) is 7.11 Å². The van der Waals surface area contributed by atoms with Crippen LogP contribution in [0.1, 0.15) is 31.2 Å². The molecule has 2 nitrogen and oxygen atoms in total. The second-order valence-corrected chi connectivity index (χ2v) is 5.83. The van der Waals surface area contributed by atoms with E-state index in [-0.39, 0.29) is 0 Å². The van der Waals surface area contributed by atoms with E-state index in [0.29, 0.717) is 0 Å². The summed E-state index contributed by atoms with van der Waals surface area (Å²) in [5.74, 6) is 2.96. The first-order valence-corrected chi connectivity index (χ1v) is 7.21. The van der Waals surface area contributed by atoms with Gasteiger partial charge in [0.1, 0.15) is 5.75 Å². The van der Waals surface area contributed by atoms with Crippen molar-refractivity contribution < 1.29 is 4.74 Å². The number of methoxy groups -OCH3 is 1. The Morgan fingerprint density at radius 1 is 1.17 bits per heavy atom. The third kappa shape index (κ3) is 2.54. The Morgan fingerprint density at radius 2 is 2.00 bits per heavy atom. The Hall–Kier alpha value is -1.02. The fourth-order valence-corrected chi connectivity index (χ4v) is 3.69. The lowest BCUT2D eigenvalue weighted by Gasteiger charge is -2.22. The molecule has 18 heavy (non-hydrogen) atoms. The monoisotopic (exact) mass is 245 g/mol. The first-order valence-electron chi connectivity index (χ1n) is 7.21. The number of ether oxygens (including phenoxy) is 1. The summed E-state index contributed by atoms with van der Waals surface area (Å²) in [5.41, 5.74) is 1.39. The standard InChI is InChI=1S/C16H23NO/c1-18-15-6-3-12(4-7-15)8-9-17-16-11-13-2-5-14(16)10-13/h3-4,6-7,13-14,16-17H,2,5,8-11H2,1H3/t13-,14+,16+/m1/s1. The number of nitrogens with one attached hydrogen (secondary N) is 1. The zero-order chi connectivity index (χ0) is 12.4. The van der Waals surface area contributed by atoms with Crippen LogP contribution in [-0.2, 0) is 6.42 Å². The highest BCUT2D eigenvalue weighted by Gasteiger charge is 2.38. The molecule has 2 bridgehead atoms. The summed E-state index contributed by atoms with van der Waals surface area (Å²) in [6.45, 7) is 1.11. The number of benzene rings is 1. The summed E-state index contributed by atoms with van der Waals surface area (Å²) >= 11 is 0. The Kier molecular flexibility index (Phi) is 3.55. The highest BCUT2D eigenvalue weighted by atomic mass is 16.5. The van der Waals surface area contributed by atoms with Gasteiger partial charge < -0.3 is 10.1 Å². The summed E-state index contributed by atoms with van der Waals surface area (Å²) < 4.78 is 5.17. The summed E-state index contributed by atoms with van der Waals surface area (Å²) in [4.78, 5) is 0. The SMILES string of the molecule is COc1ccc(CCN[C@H]2C[C@@H]3CC[C@H]2C3)cc1. The predicted octanol–water partition coefficient (Wildman–Crippen LogP) is 3.02. The molecule has 2 fully saturated rings. The molecule has 3 atom stereocenters. The van der Waals surface area contributed by atoms with E-state index in [9.17, 15) is 0 Å². The van der Waals surface area contributed by atoms with Crippen LogP contribution in [0, 0.1) is 11.8 Å². The van der Waals surface area contributed by atoms with Crippen molar-refractivity contribution in [2.45, 2.75) is 38.1 Å². The molecule has 2 heteroatoms. The molecule has 0 aromatic heterocycles. The molecule has 0 aliphatic heterocycles. The van der Waals surface area contributed by atoms with E-state index >= 15 is 0 Å². The van der Waals surface area contributed by atoms with Gasteiger partial charge >= 0.3 is 0 Å². The Morgan fingerprint density at radius 3 is 2.61 bits per heavy atom. The van der Waals surface area contributed by atoms with Gasteiger partial charge in [-0.25, -0.2) is 0 Å². The van der Waals surface area contributed by atoms with Gasteiger partial charge in [-0.3, -0.25) is 0 Å². The first kappa shape index (κ1) is 12.0. The van der Waals surface area contributed by atoms with Crippen LogP contribution in [0.2, 0.25) is 0 Å². The van der Waals surface area contributed by atoms with Crippen molar-refractivity contribution in [1.82, 2.24) is 5.32 Å². The van der Waals surface area contributed by atoms with Crippen LogP contribution >= 0.6 is 0 Å². The van der Waals surface area contributed by atoms with Crippen molar-refractivity contribution in [3.8, 4) is 5.75 Å². The van der Waals surface area contributed by atoms with E-state index in [0.717, 1.165) is 36.6 Å². The van der Waals surface area contributed by atoms with E-state index in [1.165, 1.54) is 31.2 Å². The molecular formula is C16H23NO. The molecule has 0 radical (unpaired) electrons. The van der Waals surface area contributed by atoms with Gasteiger partial charge in [0, 0.05) is 6.04 Å². The molecule has 98 valence electrons. The van der Waals surface area contributed by atoms with Crippen molar-refractivity contribution in [3.05, 3.63) is 29.8 Å². The van der Waals surface area contributed by atoms with Crippen molar-refractivity contribution in [3.63, 3.8) is 0 Å². The molecule has 2 aliphatic rings. The molecule has 0 unspecified atom stereocenters. The van der Waals surface area contributed by atoms with Gasteiger partial charge in [0.2, 0.25) is 0 Å². The summed E-state index contributed by atoms with van der Waals surface area (Å²) in [5, 5.41) is 3.76. The maximum Gasteiger partial charge on any atom is 0.118 e. The largest absolute Gasteiger partial charge is 0.497 e. The van der Waals surface area contributed by atoms with Gasteiger partial charge in [-0.1, -0.05) is 18.6 Å². The Balaban J connectivity index is 1.44. The molecule has 3 rings (SSSR count). The quantitative estimate of drug-likeness (QED) is 0.861. The Bertz CT molecular complexity index is 387. The van der Waals surface area contributed by atoms with Gasteiger partial charge in [-0.15, -0.1) is 0 Å². The number of fused-ring (bicyclic) bond motifs is 2. The van der Waals surface area contributed by atoms with Gasteiger partial charge in [0.15, 0.2) is 0 Å². The molecule has 2 saturated carbocycles. The molecule has 0 spiro atoms. The summed E-state index contributed by atoms with van der Waals surface area (Å²) in [7, 11) is 1.71. The third-order valence-corrected chi connectivity index (χ3v) is 4.72. The van der Waals surface area contributed by atoms with Crippen LogP contribution < -0.4 is 10.1 Å². The van der Waals surface area contributed by atoms with E-state index in [2.05, 4.69) is 17.4 Å². The number of hydrogen-bond donors (Lipinski definition) is 1. The van der Waals surface area contributed by atoms with Crippen molar-refractivity contribution >= 4 is 0 Å². The lowest BCUT2D eigenvalue weighted by atomic mass is 9.95. The predicted molar refractivity (Wildman–Crippen MR) is 73.9 cm³/mol. The normalized spacial score (nSPS) is 29.7. The number of rotatable bonds is 5. The van der Waals surface area contributed by atoms with E-state index < -0.39 is 0 Å². The summed E-state index contributed by atoms with van der Waals surface area (Å²) in [6, 6.07) is 9.24. The van der Waals surface area contributed by atoms with Gasteiger partial charge in [0.25, 0.3) is 0 Å². The zero-order valence-corrected chi connectivity index (χ0v) is 11.2. The molecular weight excluding hydrogens is 222 g/mol. The molecule has 1 aromatic rings. The Labute approximate surface area is 110 Å². The van der Waals surface area contributed by atoms with Crippen LogP contribution in [-0.4, -0.2) is 19.7 Å². The lowest BCUT2D eigenvalue weighted by molar-refractivity contribution is 0.354. The highest BCUT2D eigenvalue weighted by Crippen LogP contribution is 2.44. The average molecular weight is 245 g/mol. The fourth-order valence-electron chi connectivity index (χ4n) is 3.69. The van der Waals surface area contributed by atoms with Crippen LogP contribution in [0.3, 0.4) is 0 Å². The van der Waals surface area contributed by atoms with Crippen LogP contribution in [0.15, 0.2) is 24.3 Å². The molecule has 1 N–H and O–H groups in total. The average Bonchev–Trinajstić information content (AvgIpc) is 3.02. The molecule has 0 amide bonds. The maximum absolute atomic E-state index is 5.17. The zero-order valence-electron chi connectivity index (χ0n) is 11.2. The lowest BCUT2D eigenvalue weighted by Crippen LogP contribution is -2.35. The third-order valence-electron chi connectivity index (χ3n) is 4.72. The van der Waals surface area contributed by atoms with E-state index in [1.807, 2.05) is 12.1 Å². The maximum atomic E-state index is 5.17.